The summed E-state index contributed by atoms with van der Waals surface area (Å²) in [5.41, 5.74) is 2.15. The molecule has 1 aromatic heterocycles. The maximum absolute atomic E-state index is 9.41. The van der Waals surface area contributed by atoms with Gasteiger partial charge in [-0.1, -0.05) is 12.1 Å². The molecule has 3 rings (SSSR count). The summed E-state index contributed by atoms with van der Waals surface area (Å²) in [5, 5.41) is 12.9. The lowest BCUT2D eigenvalue weighted by Crippen LogP contribution is -2.15. The van der Waals surface area contributed by atoms with Crippen molar-refractivity contribution >= 4 is 0 Å². The Morgan fingerprint density at radius 2 is 2.28 bits per heavy atom. The average molecular weight is 243 g/mol. The van der Waals surface area contributed by atoms with Gasteiger partial charge in [0.1, 0.15) is 5.75 Å². The van der Waals surface area contributed by atoms with Gasteiger partial charge in [0.15, 0.2) is 0 Å². The summed E-state index contributed by atoms with van der Waals surface area (Å²) in [6.45, 7) is 1.59. The third-order valence-electron chi connectivity index (χ3n) is 3.11. The minimum Gasteiger partial charge on any atom is -0.508 e. The largest absolute Gasteiger partial charge is 0.508 e. The van der Waals surface area contributed by atoms with E-state index in [2.05, 4.69) is 16.5 Å². The lowest BCUT2D eigenvalue weighted by molar-refractivity contribution is 0.474. The molecule has 0 aliphatic heterocycles. The first-order valence-electron chi connectivity index (χ1n) is 6.31. The number of benzene rings is 1. The molecule has 4 heteroatoms. The minimum atomic E-state index is 0.309. The van der Waals surface area contributed by atoms with Crippen LogP contribution in [0.1, 0.15) is 24.1 Å². The van der Waals surface area contributed by atoms with Crippen LogP contribution in [0, 0.1) is 0 Å². The van der Waals surface area contributed by atoms with Crippen LogP contribution in [0.25, 0.3) is 0 Å². The molecule has 0 unspecified atom stereocenters. The molecule has 1 aromatic carbocycles. The van der Waals surface area contributed by atoms with Crippen molar-refractivity contribution in [3.05, 3.63) is 48.0 Å². The number of phenols is 1. The van der Waals surface area contributed by atoms with Crippen molar-refractivity contribution in [1.29, 1.82) is 0 Å². The van der Waals surface area contributed by atoms with Gasteiger partial charge in [-0.05, 0) is 30.5 Å². The number of imidazole rings is 1. The molecule has 0 radical (unpaired) electrons. The number of hydrogen-bond donors (Lipinski definition) is 2. The second-order valence-corrected chi connectivity index (χ2v) is 4.86. The molecule has 1 aliphatic carbocycles. The highest BCUT2D eigenvalue weighted by Gasteiger charge is 2.20. The molecular weight excluding hydrogens is 226 g/mol. The van der Waals surface area contributed by atoms with Crippen LogP contribution >= 0.6 is 0 Å². The molecule has 1 aliphatic rings. The SMILES string of the molecule is Oc1cccc(Cn2cnc(CNC3CC3)c2)c1. The highest BCUT2D eigenvalue weighted by Crippen LogP contribution is 2.19. The predicted octanol–water partition coefficient (Wildman–Crippen LogP) is 1.89. The monoisotopic (exact) mass is 243 g/mol. The minimum absolute atomic E-state index is 0.309. The van der Waals surface area contributed by atoms with E-state index in [4.69, 9.17) is 0 Å². The average Bonchev–Trinajstić information content (AvgIpc) is 3.08. The number of rotatable bonds is 5. The predicted molar refractivity (Wildman–Crippen MR) is 69.3 cm³/mol. The fourth-order valence-corrected chi connectivity index (χ4v) is 1.99. The number of aromatic nitrogens is 2. The van der Waals surface area contributed by atoms with Gasteiger partial charge in [0.2, 0.25) is 0 Å². The van der Waals surface area contributed by atoms with Crippen molar-refractivity contribution in [2.24, 2.45) is 0 Å². The maximum atomic E-state index is 9.41. The number of hydrogen-bond acceptors (Lipinski definition) is 3. The smallest absolute Gasteiger partial charge is 0.115 e. The Hall–Kier alpha value is -1.81. The van der Waals surface area contributed by atoms with Crippen LogP contribution in [-0.4, -0.2) is 20.7 Å². The van der Waals surface area contributed by atoms with Gasteiger partial charge in [-0.25, -0.2) is 4.98 Å². The zero-order valence-electron chi connectivity index (χ0n) is 10.2. The molecule has 0 spiro atoms. The van der Waals surface area contributed by atoms with Crippen LogP contribution in [-0.2, 0) is 13.1 Å². The Balaban J connectivity index is 1.61. The summed E-state index contributed by atoms with van der Waals surface area (Å²) in [7, 11) is 0. The normalized spacial score (nSPS) is 14.9. The molecule has 18 heavy (non-hydrogen) atoms. The van der Waals surface area contributed by atoms with Gasteiger partial charge in [0, 0.05) is 25.3 Å². The zero-order valence-corrected chi connectivity index (χ0v) is 10.2. The summed E-state index contributed by atoms with van der Waals surface area (Å²) in [5.74, 6) is 0.309. The molecule has 94 valence electrons. The third kappa shape index (κ3) is 2.90. The molecule has 4 nitrogen and oxygen atoms in total. The molecule has 0 saturated heterocycles. The van der Waals surface area contributed by atoms with Crippen molar-refractivity contribution in [3.63, 3.8) is 0 Å². The van der Waals surface area contributed by atoms with Gasteiger partial charge in [-0.15, -0.1) is 0 Å². The van der Waals surface area contributed by atoms with Crippen molar-refractivity contribution in [3.8, 4) is 5.75 Å². The van der Waals surface area contributed by atoms with E-state index < -0.39 is 0 Å². The topological polar surface area (TPSA) is 50.1 Å². The Bertz CT molecular complexity index is 531. The second-order valence-electron chi connectivity index (χ2n) is 4.86. The van der Waals surface area contributed by atoms with E-state index in [9.17, 15) is 5.11 Å². The summed E-state index contributed by atoms with van der Waals surface area (Å²) >= 11 is 0. The molecule has 1 fully saturated rings. The van der Waals surface area contributed by atoms with Gasteiger partial charge in [0.05, 0.1) is 12.0 Å². The molecule has 0 bridgehead atoms. The molecule has 1 heterocycles. The van der Waals surface area contributed by atoms with Crippen molar-refractivity contribution in [2.75, 3.05) is 0 Å². The van der Waals surface area contributed by atoms with Gasteiger partial charge in [-0.3, -0.25) is 0 Å². The standard InChI is InChI=1S/C14H17N3O/c18-14-3-1-2-11(6-14)8-17-9-13(16-10-17)7-15-12-4-5-12/h1-3,6,9-10,12,15,18H,4-5,7-8H2. The first-order chi connectivity index (χ1) is 8.79. The fraction of sp³-hybridized carbons (Fsp3) is 0.357. The van der Waals surface area contributed by atoms with Crippen LogP contribution in [0.5, 0.6) is 5.75 Å². The van der Waals surface area contributed by atoms with E-state index in [0.717, 1.165) is 24.3 Å². The first-order valence-corrected chi connectivity index (χ1v) is 6.31. The van der Waals surface area contributed by atoms with Crippen LogP contribution in [0.3, 0.4) is 0 Å². The van der Waals surface area contributed by atoms with E-state index in [1.165, 1.54) is 12.8 Å². The first kappa shape index (κ1) is 11.3. The third-order valence-corrected chi connectivity index (χ3v) is 3.11. The Labute approximate surface area is 106 Å². The quantitative estimate of drug-likeness (QED) is 0.843. The van der Waals surface area contributed by atoms with Crippen molar-refractivity contribution < 1.29 is 5.11 Å². The van der Waals surface area contributed by atoms with Gasteiger partial charge in [0.25, 0.3) is 0 Å². The number of nitrogens with one attached hydrogen (secondary N) is 1. The molecule has 1 saturated carbocycles. The molecular formula is C14H17N3O. The maximum Gasteiger partial charge on any atom is 0.115 e. The van der Waals surface area contributed by atoms with E-state index in [1.807, 2.05) is 23.0 Å². The summed E-state index contributed by atoms with van der Waals surface area (Å²) < 4.78 is 2.04. The van der Waals surface area contributed by atoms with Crippen molar-refractivity contribution in [1.82, 2.24) is 14.9 Å². The number of nitrogens with zero attached hydrogens (tertiary/aromatic N) is 2. The van der Waals surface area contributed by atoms with E-state index in [1.54, 1.807) is 12.1 Å². The molecule has 0 atom stereocenters. The highest BCUT2D eigenvalue weighted by atomic mass is 16.3. The van der Waals surface area contributed by atoms with Gasteiger partial charge < -0.3 is 15.0 Å². The second kappa shape index (κ2) is 4.82. The number of aromatic hydroxyl groups is 1. The van der Waals surface area contributed by atoms with Crippen LogP contribution < -0.4 is 5.32 Å². The van der Waals surface area contributed by atoms with Crippen LogP contribution in [0.4, 0.5) is 0 Å². The fourth-order valence-electron chi connectivity index (χ4n) is 1.99. The lowest BCUT2D eigenvalue weighted by Gasteiger charge is -2.02. The van der Waals surface area contributed by atoms with Gasteiger partial charge >= 0.3 is 0 Å². The van der Waals surface area contributed by atoms with E-state index in [0.29, 0.717) is 11.8 Å². The molecule has 2 N–H and O–H groups in total. The van der Waals surface area contributed by atoms with Crippen molar-refractivity contribution in [2.45, 2.75) is 32.0 Å². The Morgan fingerprint density at radius 3 is 3.06 bits per heavy atom. The lowest BCUT2D eigenvalue weighted by atomic mass is 10.2. The van der Waals surface area contributed by atoms with Gasteiger partial charge in [-0.2, -0.15) is 0 Å². The summed E-state index contributed by atoms with van der Waals surface area (Å²) in [6.07, 6.45) is 6.49. The summed E-state index contributed by atoms with van der Waals surface area (Å²) in [6, 6.07) is 8.03. The van der Waals surface area contributed by atoms with E-state index >= 15 is 0 Å². The van der Waals surface area contributed by atoms with Crippen LogP contribution in [0.2, 0.25) is 0 Å². The Morgan fingerprint density at radius 1 is 1.39 bits per heavy atom. The molecule has 0 amide bonds. The molecule has 2 aromatic rings. The zero-order chi connectivity index (χ0) is 12.4. The van der Waals surface area contributed by atoms with E-state index in [-0.39, 0.29) is 0 Å². The highest BCUT2D eigenvalue weighted by molar-refractivity contribution is 5.27. The summed E-state index contributed by atoms with van der Waals surface area (Å²) in [4.78, 5) is 4.37. The number of phenolic OH excluding ortho intramolecular Hbond substituents is 1. The Kier molecular flexibility index (Phi) is 3.02. The van der Waals surface area contributed by atoms with Crippen LogP contribution in [0.15, 0.2) is 36.8 Å².